The number of rotatable bonds is 20. The van der Waals surface area contributed by atoms with E-state index >= 15 is 0 Å². The Kier molecular flexibility index (Phi) is 14.8. The Balaban J connectivity index is 1.57. The molecular weight excluding hydrogens is 703 g/mol. The molecule has 13 N–H and O–H groups in total. The number of hydrogen-bond donors (Lipinski definition) is 11. The van der Waals surface area contributed by atoms with Crippen LogP contribution in [0, 0.1) is 0 Å². The summed E-state index contributed by atoms with van der Waals surface area (Å²) in [6.45, 7) is 0.132. The number of benzene rings is 2. The first-order chi connectivity index (χ1) is 25.4. The van der Waals surface area contributed by atoms with Crippen molar-refractivity contribution in [1.29, 1.82) is 0 Å². The molecule has 0 aliphatic rings. The number of imidazole rings is 1. The molecule has 0 spiro atoms. The summed E-state index contributed by atoms with van der Waals surface area (Å²) in [5, 5.41) is 21.5. The molecule has 0 aliphatic heterocycles. The molecule has 0 radical (unpaired) electrons. The Morgan fingerprint density at radius 3 is 2.08 bits per heavy atom. The van der Waals surface area contributed by atoms with Crippen molar-refractivity contribution in [2.24, 2.45) is 22.2 Å². The molecule has 4 aromatic rings. The van der Waals surface area contributed by atoms with E-state index in [0.717, 1.165) is 10.9 Å². The zero-order valence-electron chi connectivity index (χ0n) is 28.8. The number of amides is 4. The zero-order chi connectivity index (χ0) is 38.3. The highest BCUT2D eigenvalue weighted by atomic mass is 32.1. The van der Waals surface area contributed by atoms with Crippen molar-refractivity contribution in [3.63, 3.8) is 0 Å². The van der Waals surface area contributed by atoms with Crippen LogP contribution in [0.4, 0.5) is 0 Å². The van der Waals surface area contributed by atoms with Crippen molar-refractivity contribution < 1.29 is 29.1 Å². The normalized spacial score (nSPS) is 13.8. The maximum Gasteiger partial charge on any atom is 0.326 e. The van der Waals surface area contributed by atoms with Crippen molar-refractivity contribution in [2.45, 2.75) is 62.3 Å². The van der Waals surface area contributed by atoms with E-state index < -0.39 is 59.8 Å². The Morgan fingerprint density at radius 2 is 1.42 bits per heavy atom. The van der Waals surface area contributed by atoms with Crippen molar-refractivity contribution in [1.82, 2.24) is 36.2 Å². The maximum absolute atomic E-state index is 14.1. The molecule has 282 valence electrons. The zero-order valence-corrected chi connectivity index (χ0v) is 29.7. The third kappa shape index (κ3) is 12.1. The van der Waals surface area contributed by atoms with Crippen molar-refractivity contribution >= 4 is 59.1 Å². The van der Waals surface area contributed by atoms with Crippen LogP contribution < -0.4 is 38.5 Å². The predicted molar refractivity (Wildman–Crippen MR) is 202 cm³/mol. The number of guanidine groups is 1. The molecule has 0 saturated carbocycles. The van der Waals surface area contributed by atoms with Crippen molar-refractivity contribution in [2.75, 3.05) is 12.3 Å². The number of carboxylic acids is 1. The lowest BCUT2D eigenvalue weighted by atomic mass is 10.0. The van der Waals surface area contributed by atoms with Crippen LogP contribution in [-0.2, 0) is 43.2 Å². The first-order valence-corrected chi connectivity index (χ1v) is 17.5. The SMILES string of the molecule is NC(N)=NCCC[C@H](NC(=O)[C@@H](Cc1ccccc1)NC(=O)[C@H](Cc1cnc[nH]1)NC(=O)[C@@H](N)CS)C(=O)N[C@H](Cc1c[nH]c2ccccc12)C(=O)O. The first kappa shape index (κ1) is 39.9. The summed E-state index contributed by atoms with van der Waals surface area (Å²) >= 11 is 4.07. The minimum Gasteiger partial charge on any atom is -0.480 e. The average Bonchev–Trinajstić information content (AvgIpc) is 3.81. The van der Waals surface area contributed by atoms with Gasteiger partial charge in [0.1, 0.15) is 24.2 Å². The molecular formula is C35H45N11O6S. The summed E-state index contributed by atoms with van der Waals surface area (Å²) in [5.41, 5.74) is 19.5. The molecule has 0 saturated heterocycles. The number of carbonyl (C=O) groups excluding carboxylic acids is 4. The van der Waals surface area contributed by atoms with Gasteiger partial charge in [0.05, 0.1) is 12.4 Å². The second-order valence-corrected chi connectivity index (χ2v) is 12.7. The first-order valence-electron chi connectivity index (χ1n) is 16.9. The molecule has 4 amide bonds. The van der Waals surface area contributed by atoms with Gasteiger partial charge >= 0.3 is 5.97 Å². The number of aromatic amines is 2. The number of aliphatic imine (C=N–C) groups is 1. The van der Waals surface area contributed by atoms with Gasteiger partial charge in [0.25, 0.3) is 0 Å². The predicted octanol–water partition coefficient (Wildman–Crippen LogP) is -0.747. The molecule has 0 fully saturated rings. The number of nitrogens with zero attached hydrogens (tertiary/aromatic N) is 2. The van der Waals surface area contributed by atoms with Gasteiger partial charge in [-0.25, -0.2) is 9.78 Å². The van der Waals surface area contributed by atoms with E-state index in [1.165, 1.54) is 12.5 Å². The summed E-state index contributed by atoms with van der Waals surface area (Å²) in [6, 6.07) is 10.2. The second-order valence-electron chi connectivity index (χ2n) is 12.4. The molecule has 0 bridgehead atoms. The van der Waals surface area contributed by atoms with Crippen LogP contribution in [-0.4, -0.2) is 98.1 Å². The van der Waals surface area contributed by atoms with E-state index in [4.69, 9.17) is 17.2 Å². The third-order valence-corrected chi connectivity index (χ3v) is 8.75. The number of nitrogens with one attached hydrogen (secondary N) is 6. The van der Waals surface area contributed by atoms with Crippen LogP contribution >= 0.6 is 12.6 Å². The van der Waals surface area contributed by atoms with Gasteiger partial charge in [-0.1, -0.05) is 48.5 Å². The van der Waals surface area contributed by atoms with E-state index in [2.05, 4.69) is 53.8 Å². The smallest absolute Gasteiger partial charge is 0.326 e. The minimum absolute atomic E-state index is 0.000626. The van der Waals surface area contributed by atoms with Crippen LogP contribution in [0.3, 0.4) is 0 Å². The van der Waals surface area contributed by atoms with Crippen molar-refractivity contribution in [3.8, 4) is 0 Å². The number of hydrogen-bond acceptors (Lipinski definition) is 9. The molecule has 2 aromatic heterocycles. The quantitative estimate of drug-likeness (QED) is 0.0233. The molecule has 0 unspecified atom stereocenters. The van der Waals surface area contributed by atoms with Gasteiger partial charge < -0.3 is 53.5 Å². The summed E-state index contributed by atoms with van der Waals surface area (Å²) < 4.78 is 0. The standard InChI is InChI=1S/C35H45N11O6S/c36-24(18-53)30(47)44-28(15-22-17-39-19-42-22)33(50)45-27(13-20-7-2-1-3-8-20)32(49)43-26(11-6-12-40-35(37)38)31(48)46-29(34(51)52)14-21-16-41-25-10-5-4-9-23(21)25/h1-5,7-10,16-17,19,24,26-29,41,53H,6,11-15,18,36H2,(H,39,42)(H,43,49)(H,44,47)(H,45,50)(H,46,48)(H,51,52)(H4,37,38,40)/t24-,26-,27+,28-,29+/m0/s1. The van der Waals surface area contributed by atoms with Crippen LogP contribution in [0.25, 0.3) is 10.9 Å². The molecule has 5 atom stereocenters. The number of carbonyl (C=O) groups is 5. The molecule has 18 heteroatoms. The molecule has 53 heavy (non-hydrogen) atoms. The lowest BCUT2D eigenvalue weighted by Crippen LogP contribution is -2.59. The highest BCUT2D eigenvalue weighted by Crippen LogP contribution is 2.19. The Labute approximate surface area is 310 Å². The van der Waals surface area contributed by atoms with Gasteiger partial charge in [0.2, 0.25) is 23.6 Å². The number of aromatic nitrogens is 3. The summed E-state index contributed by atoms with van der Waals surface area (Å²) in [6.07, 6.45) is 4.85. The highest BCUT2D eigenvalue weighted by Gasteiger charge is 2.32. The fraction of sp³-hybridized carbons (Fsp3) is 0.343. The van der Waals surface area contributed by atoms with E-state index in [1.54, 1.807) is 36.5 Å². The Bertz CT molecular complexity index is 1860. The Hall–Kier alpha value is -5.88. The van der Waals surface area contributed by atoms with E-state index in [-0.39, 0.29) is 50.4 Å². The summed E-state index contributed by atoms with van der Waals surface area (Å²) in [7, 11) is 0. The molecule has 0 aliphatic carbocycles. The number of carboxylic acid groups (broad SMARTS) is 1. The van der Waals surface area contributed by atoms with Crippen LogP contribution in [0.15, 0.2) is 78.3 Å². The molecule has 4 rings (SSSR count). The number of thiol groups is 1. The van der Waals surface area contributed by atoms with E-state index in [1.807, 2.05) is 24.3 Å². The average molecular weight is 748 g/mol. The van der Waals surface area contributed by atoms with Crippen LogP contribution in [0.2, 0.25) is 0 Å². The van der Waals surface area contributed by atoms with Crippen LogP contribution in [0.5, 0.6) is 0 Å². The Morgan fingerprint density at radius 1 is 0.792 bits per heavy atom. The number of aliphatic carboxylic acids is 1. The second kappa shape index (κ2) is 19.7. The van der Waals surface area contributed by atoms with Gasteiger partial charge in [-0.15, -0.1) is 0 Å². The topological polar surface area (TPSA) is 289 Å². The van der Waals surface area contributed by atoms with E-state index in [9.17, 15) is 29.1 Å². The summed E-state index contributed by atoms with van der Waals surface area (Å²) in [5.74, 6) is -4.21. The number of para-hydroxylation sites is 1. The maximum atomic E-state index is 14.1. The number of nitrogens with two attached hydrogens (primary N) is 3. The van der Waals surface area contributed by atoms with Crippen LogP contribution in [0.1, 0.15) is 29.7 Å². The van der Waals surface area contributed by atoms with Gasteiger partial charge in [-0.05, 0) is 30.0 Å². The van der Waals surface area contributed by atoms with Crippen molar-refractivity contribution in [3.05, 3.63) is 90.1 Å². The largest absolute Gasteiger partial charge is 0.480 e. The lowest BCUT2D eigenvalue weighted by molar-refractivity contribution is -0.142. The highest BCUT2D eigenvalue weighted by molar-refractivity contribution is 7.80. The monoisotopic (exact) mass is 747 g/mol. The molecule has 2 heterocycles. The number of fused-ring (bicyclic) bond motifs is 1. The molecule has 17 nitrogen and oxygen atoms in total. The fourth-order valence-corrected chi connectivity index (χ4v) is 5.72. The minimum atomic E-state index is -1.34. The third-order valence-electron chi connectivity index (χ3n) is 8.35. The lowest BCUT2D eigenvalue weighted by Gasteiger charge is -2.26. The summed E-state index contributed by atoms with van der Waals surface area (Å²) in [4.78, 5) is 80.6. The molecule has 2 aromatic carbocycles. The van der Waals surface area contributed by atoms with Gasteiger partial charge in [-0.3, -0.25) is 24.2 Å². The fourth-order valence-electron chi connectivity index (χ4n) is 5.56. The van der Waals surface area contributed by atoms with Gasteiger partial charge in [0, 0.05) is 60.6 Å². The van der Waals surface area contributed by atoms with E-state index in [0.29, 0.717) is 16.8 Å². The van der Waals surface area contributed by atoms with Gasteiger partial charge in [-0.2, -0.15) is 12.6 Å². The van der Waals surface area contributed by atoms with Gasteiger partial charge in [0.15, 0.2) is 5.96 Å². The number of H-pyrrole nitrogens is 2.